The predicted octanol–water partition coefficient (Wildman–Crippen LogP) is 1.42. The van der Waals surface area contributed by atoms with Crippen LogP contribution in [-0.4, -0.2) is 48.1 Å². The van der Waals surface area contributed by atoms with E-state index in [9.17, 15) is 0 Å². The highest BCUT2D eigenvalue weighted by Crippen LogP contribution is 2.25. The van der Waals surface area contributed by atoms with Crippen molar-refractivity contribution in [3.8, 4) is 0 Å². The number of nitrogens with zero attached hydrogens (tertiary/aromatic N) is 1. The van der Waals surface area contributed by atoms with Crippen molar-refractivity contribution in [2.45, 2.75) is 25.8 Å². The molecule has 0 aliphatic carbocycles. The van der Waals surface area contributed by atoms with Gasteiger partial charge < -0.3 is 5.32 Å². The lowest BCUT2D eigenvalue weighted by atomic mass is 10.0. The van der Waals surface area contributed by atoms with E-state index in [4.69, 9.17) is 0 Å². The van der Waals surface area contributed by atoms with E-state index in [-0.39, 0.29) is 0 Å². The van der Waals surface area contributed by atoms with Crippen molar-refractivity contribution in [2.24, 2.45) is 5.92 Å². The molecule has 2 nitrogen and oxygen atoms in total. The maximum atomic E-state index is 3.57. The molecule has 1 unspecified atom stereocenters. The number of rotatable bonds is 2. The summed E-state index contributed by atoms with van der Waals surface area (Å²) in [4.78, 5) is 2.65. The van der Waals surface area contributed by atoms with Gasteiger partial charge in [-0.15, -0.1) is 0 Å². The maximum absolute atomic E-state index is 3.57. The minimum absolute atomic E-state index is 0.323. The molecule has 3 heteroatoms. The standard InChI is InChI=1S/C11H22N2S/c1-11(2)9-13(5-4-12-11)7-10-3-6-14-8-10/h10,12H,3-9H2,1-2H3. The van der Waals surface area contributed by atoms with E-state index in [0.717, 1.165) is 12.5 Å². The topological polar surface area (TPSA) is 15.3 Å². The first-order valence-electron chi connectivity index (χ1n) is 5.71. The average Bonchev–Trinajstić information content (AvgIpc) is 2.54. The van der Waals surface area contributed by atoms with E-state index in [0.29, 0.717) is 5.54 Å². The Morgan fingerprint density at radius 2 is 2.36 bits per heavy atom. The van der Waals surface area contributed by atoms with Gasteiger partial charge in [0.25, 0.3) is 0 Å². The van der Waals surface area contributed by atoms with Crippen LogP contribution in [-0.2, 0) is 0 Å². The second-order valence-corrected chi connectivity index (χ2v) is 6.43. The van der Waals surface area contributed by atoms with Crippen LogP contribution in [0.1, 0.15) is 20.3 Å². The highest BCUT2D eigenvalue weighted by atomic mass is 32.2. The molecule has 2 aliphatic rings. The van der Waals surface area contributed by atoms with Crippen LogP contribution in [0.2, 0.25) is 0 Å². The second-order valence-electron chi connectivity index (χ2n) is 5.28. The molecule has 0 radical (unpaired) electrons. The molecule has 2 aliphatic heterocycles. The lowest BCUT2D eigenvalue weighted by molar-refractivity contribution is 0.139. The number of piperazine rings is 1. The quantitative estimate of drug-likeness (QED) is 0.748. The van der Waals surface area contributed by atoms with Crippen molar-refractivity contribution >= 4 is 11.8 Å². The highest BCUT2D eigenvalue weighted by Gasteiger charge is 2.27. The van der Waals surface area contributed by atoms with E-state index in [1.54, 1.807) is 0 Å². The fourth-order valence-electron chi connectivity index (χ4n) is 2.49. The van der Waals surface area contributed by atoms with Crippen LogP contribution in [0.5, 0.6) is 0 Å². The summed E-state index contributed by atoms with van der Waals surface area (Å²) in [6, 6.07) is 0. The summed E-state index contributed by atoms with van der Waals surface area (Å²) >= 11 is 2.13. The van der Waals surface area contributed by atoms with Gasteiger partial charge in [0.05, 0.1) is 0 Å². The summed E-state index contributed by atoms with van der Waals surface area (Å²) in [6.45, 7) is 9.56. The molecule has 0 aromatic carbocycles. The van der Waals surface area contributed by atoms with Crippen LogP contribution in [0.3, 0.4) is 0 Å². The number of nitrogens with one attached hydrogen (secondary N) is 1. The van der Waals surface area contributed by atoms with E-state index >= 15 is 0 Å². The fourth-order valence-corrected chi connectivity index (χ4v) is 3.77. The molecular weight excluding hydrogens is 192 g/mol. The molecule has 0 aromatic heterocycles. The van der Waals surface area contributed by atoms with Gasteiger partial charge in [0.2, 0.25) is 0 Å². The van der Waals surface area contributed by atoms with Gasteiger partial charge in [0.1, 0.15) is 0 Å². The molecule has 82 valence electrons. The Balaban J connectivity index is 1.79. The number of thioether (sulfide) groups is 1. The van der Waals surface area contributed by atoms with E-state index < -0.39 is 0 Å². The highest BCUT2D eigenvalue weighted by molar-refractivity contribution is 7.99. The van der Waals surface area contributed by atoms with Gasteiger partial charge in [-0.05, 0) is 37.7 Å². The molecule has 2 heterocycles. The van der Waals surface area contributed by atoms with Crippen LogP contribution < -0.4 is 5.32 Å². The minimum Gasteiger partial charge on any atom is -0.309 e. The Hall–Kier alpha value is 0.270. The molecule has 0 spiro atoms. The van der Waals surface area contributed by atoms with E-state index in [1.165, 1.54) is 37.6 Å². The molecule has 0 bridgehead atoms. The Morgan fingerprint density at radius 3 is 3.00 bits per heavy atom. The van der Waals surface area contributed by atoms with Crippen molar-refractivity contribution < 1.29 is 0 Å². The third-order valence-corrected chi connectivity index (χ3v) is 4.42. The van der Waals surface area contributed by atoms with Gasteiger partial charge in [0, 0.05) is 31.7 Å². The van der Waals surface area contributed by atoms with Crippen molar-refractivity contribution in [2.75, 3.05) is 37.7 Å². The lowest BCUT2D eigenvalue weighted by Gasteiger charge is -2.40. The normalized spacial score (nSPS) is 33.4. The number of hydrogen-bond acceptors (Lipinski definition) is 3. The third-order valence-electron chi connectivity index (χ3n) is 3.19. The molecule has 0 saturated carbocycles. The van der Waals surface area contributed by atoms with E-state index in [1.807, 2.05) is 0 Å². The molecule has 2 fully saturated rings. The lowest BCUT2D eigenvalue weighted by Crippen LogP contribution is -2.57. The molecular formula is C11H22N2S. The van der Waals surface area contributed by atoms with Crippen LogP contribution >= 0.6 is 11.8 Å². The zero-order valence-electron chi connectivity index (χ0n) is 9.38. The first-order chi connectivity index (χ1) is 6.66. The molecule has 1 atom stereocenters. The summed E-state index contributed by atoms with van der Waals surface area (Å²) in [6.07, 6.45) is 1.44. The van der Waals surface area contributed by atoms with Gasteiger partial charge in [0.15, 0.2) is 0 Å². The SMILES string of the molecule is CC1(C)CN(CC2CCSC2)CCN1. The maximum Gasteiger partial charge on any atom is 0.0252 e. The Labute approximate surface area is 91.8 Å². The molecule has 1 N–H and O–H groups in total. The summed E-state index contributed by atoms with van der Waals surface area (Å²) in [5.74, 6) is 3.75. The predicted molar refractivity (Wildman–Crippen MR) is 64.0 cm³/mol. The number of hydrogen-bond donors (Lipinski definition) is 1. The van der Waals surface area contributed by atoms with Gasteiger partial charge in [-0.2, -0.15) is 11.8 Å². The fraction of sp³-hybridized carbons (Fsp3) is 1.00. The zero-order chi connectivity index (χ0) is 10.0. The first kappa shape index (κ1) is 10.8. The molecule has 2 saturated heterocycles. The summed E-state index contributed by atoms with van der Waals surface area (Å²) in [5.41, 5.74) is 0.323. The van der Waals surface area contributed by atoms with Gasteiger partial charge >= 0.3 is 0 Å². The monoisotopic (exact) mass is 214 g/mol. The van der Waals surface area contributed by atoms with Crippen LogP contribution in [0.25, 0.3) is 0 Å². The Bertz CT molecular complexity index is 188. The van der Waals surface area contributed by atoms with Crippen molar-refractivity contribution in [3.63, 3.8) is 0 Å². The Kier molecular flexibility index (Phi) is 3.40. The smallest absolute Gasteiger partial charge is 0.0252 e. The van der Waals surface area contributed by atoms with Gasteiger partial charge in [-0.1, -0.05) is 0 Å². The van der Waals surface area contributed by atoms with Crippen LogP contribution in [0.15, 0.2) is 0 Å². The van der Waals surface area contributed by atoms with Crippen molar-refractivity contribution in [1.82, 2.24) is 10.2 Å². The summed E-state index contributed by atoms with van der Waals surface area (Å²) in [7, 11) is 0. The third kappa shape index (κ3) is 2.88. The summed E-state index contributed by atoms with van der Waals surface area (Å²) < 4.78 is 0. The minimum atomic E-state index is 0.323. The Morgan fingerprint density at radius 1 is 1.50 bits per heavy atom. The van der Waals surface area contributed by atoms with Crippen molar-refractivity contribution in [3.05, 3.63) is 0 Å². The largest absolute Gasteiger partial charge is 0.309 e. The van der Waals surface area contributed by atoms with Gasteiger partial charge in [-0.3, -0.25) is 4.90 Å². The van der Waals surface area contributed by atoms with Crippen LogP contribution in [0.4, 0.5) is 0 Å². The average molecular weight is 214 g/mol. The molecule has 0 aromatic rings. The zero-order valence-corrected chi connectivity index (χ0v) is 10.2. The molecule has 0 amide bonds. The second kappa shape index (κ2) is 4.42. The van der Waals surface area contributed by atoms with Gasteiger partial charge in [-0.25, -0.2) is 0 Å². The molecule has 2 rings (SSSR count). The van der Waals surface area contributed by atoms with Crippen molar-refractivity contribution in [1.29, 1.82) is 0 Å². The first-order valence-corrected chi connectivity index (χ1v) is 6.86. The van der Waals surface area contributed by atoms with Crippen LogP contribution in [0, 0.1) is 5.92 Å². The molecule has 14 heavy (non-hydrogen) atoms. The summed E-state index contributed by atoms with van der Waals surface area (Å²) in [5, 5.41) is 3.57. The van der Waals surface area contributed by atoms with E-state index in [2.05, 4.69) is 35.8 Å².